The van der Waals surface area contributed by atoms with E-state index in [4.69, 9.17) is 11.6 Å². The number of halogens is 4. The summed E-state index contributed by atoms with van der Waals surface area (Å²) in [5, 5.41) is 0. The fraction of sp³-hybridized carbons (Fsp3) is 0.0526. The lowest BCUT2D eigenvalue weighted by atomic mass is 9.84. The molecule has 0 nitrogen and oxygen atoms in total. The van der Waals surface area contributed by atoms with Gasteiger partial charge in [-0.25, -0.2) is 13.2 Å². The van der Waals surface area contributed by atoms with Gasteiger partial charge in [-0.1, -0.05) is 42.5 Å². The lowest BCUT2D eigenvalue weighted by molar-refractivity contribution is 0.596. The van der Waals surface area contributed by atoms with Gasteiger partial charge in [0.1, 0.15) is 22.3 Å². The second kappa shape index (κ2) is 6.09. The van der Waals surface area contributed by atoms with Crippen molar-refractivity contribution in [3.63, 3.8) is 0 Å². The molecule has 0 saturated heterocycles. The molecule has 0 spiro atoms. The molecule has 0 bridgehead atoms. The van der Waals surface area contributed by atoms with Gasteiger partial charge in [0.25, 0.3) is 0 Å². The predicted octanol–water partition coefficient (Wildman–Crippen LogP) is 5.63. The Morgan fingerprint density at radius 1 is 0.609 bits per heavy atom. The quantitative estimate of drug-likeness (QED) is 0.430. The second-order valence-electron chi connectivity index (χ2n) is 5.15. The van der Waals surface area contributed by atoms with Crippen LogP contribution in [0.2, 0.25) is 0 Å². The number of rotatable bonds is 3. The van der Waals surface area contributed by atoms with Crippen LogP contribution in [0.1, 0.15) is 16.7 Å². The van der Waals surface area contributed by atoms with Crippen molar-refractivity contribution >= 4 is 11.6 Å². The first-order chi connectivity index (χ1) is 11.0. The molecule has 3 aromatic rings. The van der Waals surface area contributed by atoms with Crippen LogP contribution in [-0.2, 0) is 4.87 Å². The van der Waals surface area contributed by atoms with Crippen LogP contribution in [0.15, 0.2) is 72.8 Å². The van der Waals surface area contributed by atoms with Crippen LogP contribution in [0.3, 0.4) is 0 Å². The van der Waals surface area contributed by atoms with Crippen molar-refractivity contribution in [2.45, 2.75) is 4.87 Å². The Kier molecular flexibility index (Phi) is 4.14. The summed E-state index contributed by atoms with van der Waals surface area (Å²) in [6, 6.07) is 17.1. The molecule has 0 amide bonds. The van der Waals surface area contributed by atoms with E-state index < -0.39 is 22.3 Å². The summed E-state index contributed by atoms with van der Waals surface area (Å²) in [6.45, 7) is 0. The van der Waals surface area contributed by atoms with Gasteiger partial charge in [-0.05, 0) is 41.5 Å². The molecular formula is C19H12ClF3. The number of hydrogen-bond donors (Lipinski definition) is 0. The molecule has 0 saturated carbocycles. The molecule has 4 heteroatoms. The molecule has 0 heterocycles. The molecule has 0 fully saturated rings. The first-order valence-corrected chi connectivity index (χ1v) is 7.35. The van der Waals surface area contributed by atoms with Crippen LogP contribution < -0.4 is 0 Å². The molecule has 3 rings (SSSR count). The van der Waals surface area contributed by atoms with E-state index >= 15 is 0 Å². The Morgan fingerprint density at radius 3 is 1.48 bits per heavy atom. The van der Waals surface area contributed by atoms with Gasteiger partial charge in [0.05, 0.1) is 0 Å². The van der Waals surface area contributed by atoms with E-state index in [0.29, 0.717) is 11.1 Å². The molecule has 23 heavy (non-hydrogen) atoms. The summed E-state index contributed by atoms with van der Waals surface area (Å²) in [5.41, 5.74) is 1.22. The second-order valence-corrected chi connectivity index (χ2v) is 5.72. The van der Waals surface area contributed by atoms with Crippen LogP contribution in [0.25, 0.3) is 0 Å². The molecule has 3 aromatic carbocycles. The topological polar surface area (TPSA) is 0 Å². The first-order valence-electron chi connectivity index (χ1n) is 6.98. The Balaban J connectivity index is 2.27. The molecule has 0 aromatic heterocycles. The van der Waals surface area contributed by atoms with Crippen molar-refractivity contribution in [3.8, 4) is 0 Å². The van der Waals surface area contributed by atoms with Crippen LogP contribution in [0, 0.1) is 17.5 Å². The monoisotopic (exact) mass is 332 g/mol. The number of benzene rings is 3. The lowest BCUT2D eigenvalue weighted by Gasteiger charge is -2.29. The third-order valence-corrected chi connectivity index (χ3v) is 4.37. The summed E-state index contributed by atoms with van der Waals surface area (Å²) in [4.78, 5) is -1.38. The van der Waals surface area contributed by atoms with E-state index in [9.17, 15) is 13.2 Å². The molecular weight excluding hydrogens is 321 g/mol. The van der Waals surface area contributed by atoms with E-state index in [1.165, 1.54) is 54.6 Å². The van der Waals surface area contributed by atoms with Gasteiger partial charge in [-0.3, -0.25) is 0 Å². The molecule has 0 radical (unpaired) electrons. The first kappa shape index (κ1) is 15.6. The normalized spacial score (nSPS) is 11.5. The fourth-order valence-corrected chi connectivity index (χ4v) is 2.98. The lowest BCUT2D eigenvalue weighted by Crippen LogP contribution is -2.24. The largest absolute Gasteiger partial charge is 0.207 e. The maximum Gasteiger partial charge on any atom is 0.128 e. The average molecular weight is 333 g/mol. The summed E-state index contributed by atoms with van der Waals surface area (Å²) in [7, 11) is 0. The molecule has 0 aliphatic heterocycles. The minimum Gasteiger partial charge on any atom is -0.207 e. The van der Waals surface area contributed by atoms with Gasteiger partial charge >= 0.3 is 0 Å². The van der Waals surface area contributed by atoms with Gasteiger partial charge < -0.3 is 0 Å². The SMILES string of the molecule is Fc1ccc(C(Cl)(c2ccc(F)cc2)c2ccccc2F)cc1. The molecule has 116 valence electrons. The minimum absolute atomic E-state index is 0.222. The fourth-order valence-electron chi connectivity index (χ4n) is 2.58. The Labute approximate surface area is 137 Å². The summed E-state index contributed by atoms with van der Waals surface area (Å²) in [5.74, 6) is -1.32. The van der Waals surface area contributed by atoms with Crippen LogP contribution in [0.4, 0.5) is 13.2 Å². The molecule has 0 unspecified atom stereocenters. The highest BCUT2D eigenvalue weighted by Crippen LogP contribution is 2.44. The third-order valence-electron chi connectivity index (χ3n) is 3.73. The Bertz CT molecular complexity index is 765. The zero-order valence-electron chi connectivity index (χ0n) is 11.9. The average Bonchev–Trinajstić information content (AvgIpc) is 2.56. The highest BCUT2D eigenvalue weighted by molar-refractivity contribution is 6.28. The summed E-state index contributed by atoms with van der Waals surface area (Å²) in [6.07, 6.45) is 0. The van der Waals surface area contributed by atoms with Gasteiger partial charge in [-0.2, -0.15) is 0 Å². The highest BCUT2D eigenvalue weighted by Gasteiger charge is 2.36. The molecule has 0 aliphatic carbocycles. The number of alkyl halides is 1. The van der Waals surface area contributed by atoms with Gasteiger partial charge in [0, 0.05) is 5.56 Å². The Morgan fingerprint density at radius 2 is 1.04 bits per heavy atom. The smallest absolute Gasteiger partial charge is 0.128 e. The van der Waals surface area contributed by atoms with Crippen LogP contribution in [0.5, 0.6) is 0 Å². The van der Waals surface area contributed by atoms with Crippen molar-refractivity contribution in [3.05, 3.63) is 107 Å². The molecule has 0 atom stereocenters. The maximum absolute atomic E-state index is 14.4. The number of hydrogen-bond acceptors (Lipinski definition) is 0. The van der Waals surface area contributed by atoms with Crippen molar-refractivity contribution in [2.75, 3.05) is 0 Å². The highest BCUT2D eigenvalue weighted by atomic mass is 35.5. The van der Waals surface area contributed by atoms with E-state index in [0.717, 1.165) is 0 Å². The van der Waals surface area contributed by atoms with Gasteiger partial charge in [0.2, 0.25) is 0 Å². The minimum atomic E-state index is -1.38. The Hall–Kier alpha value is -2.26. The molecule has 0 aliphatic rings. The zero-order valence-corrected chi connectivity index (χ0v) is 12.7. The van der Waals surface area contributed by atoms with E-state index in [1.54, 1.807) is 18.2 Å². The van der Waals surface area contributed by atoms with Gasteiger partial charge in [0.15, 0.2) is 0 Å². The summed E-state index contributed by atoms with van der Waals surface area (Å²) >= 11 is 6.84. The van der Waals surface area contributed by atoms with Crippen LogP contribution in [-0.4, -0.2) is 0 Å². The van der Waals surface area contributed by atoms with Crippen molar-refractivity contribution < 1.29 is 13.2 Å². The van der Waals surface area contributed by atoms with E-state index in [-0.39, 0.29) is 5.56 Å². The van der Waals surface area contributed by atoms with Crippen molar-refractivity contribution in [2.24, 2.45) is 0 Å². The van der Waals surface area contributed by atoms with Crippen molar-refractivity contribution in [1.82, 2.24) is 0 Å². The van der Waals surface area contributed by atoms with E-state index in [1.807, 2.05) is 0 Å². The van der Waals surface area contributed by atoms with Crippen LogP contribution >= 0.6 is 11.6 Å². The van der Waals surface area contributed by atoms with Crippen molar-refractivity contribution in [1.29, 1.82) is 0 Å². The zero-order chi connectivity index (χ0) is 16.4. The predicted molar refractivity (Wildman–Crippen MR) is 84.9 cm³/mol. The van der Waals surface area contributed by atoms with Gasteiger partial charge in [-0.15, -0.1) is 11.6 Å². The maximum atomic E-state index is 14.4. The third kappa shape index (κ3) is 2.84. The summed E-state index contributed by atoms with van der Waals surface area (Å²) < 4.78 is 40.9. The molecule has 0 N–H and O–H groups in total. The van der Waals surface area contributed by atoms with E-state index in [2.05, 4.69) is 0 Å². The standard InChI is InChI=1S/C19H12ClF3/c20-19(13-5-9-15(21)10-6-13,14-7-11-16(22)12-8-14)17-3-1-2-4-18(17)23/h1-12H.